The Bertz CT molecular complexity index is 517. The van der Waals surface area contributed by atoms with Gasteiger partial charge in [-0.15, -0.1) is 0 Å². The second-order valence-corrected chi connectivity index (χ2v) is 7.62. The lowest BCUT2D eigenvalue weighted by Crippen LogP contribution is -2.40. The Kier molecular flexibility index (Phi) is 3.26. The lowest BCUT2D eigenvalue weighted by Gasteiger charge is -2.20. The van der Waals surface area contributed by atoms with E-state index < -0.39 is 0 Å². The van der Waals surface area contributed by atoms with Crippen molar-refractivity contribution in [3.8, 4) is 0 Å². The van der Waals surface area contributed by atoms with Crippen molar-refractivity contribution in [2.45, 2.75) is 31.7 Å². The summed E-state index contributed by atoms with van der Waals surface area (Å²) in [4.78, 5) is 0. The molecule has 20 heavy (non-hydrogen) atoms. The molecule has 2 nitrogen and oxygen atoms in total. The third kappa shape index (κ3) is 2.00. The summed E-state index contributed by atoms with van der Waals surface area (Å²) in [5, 5.41) is 1.45. The lowest BCUT2D eigenvalue weighted by molar-refractivity contribution is 0.365. The first-order valence-electron chi connectivity index (χ1n) is 7.59. The zero-order chi connectivity index (χ0) is 13.9. The smallest absolute Gasteiger partial charge is 0.0453 e. The Hall–Kier alpha value is -0.280. The van der Waals surface area contributed by atoms with E-state index in [-0.39, 0.29) is 0 Å². The second kappa shape index (κ2) is 4.88. The molecule has 5 unspecified atom stereocenters. The molecule has 3 N–H and O–H groups in total. The Morgan fingerprint density at radius 1 is 1.20 bits per heavy atom. The number of hydrazine groups is 1. The first kappa shape index (κ1) is 13.4. The zero-order valence-corrected chi connectivity index (χ0v) is 12.9. The van der Waals surface area contributed by atoms with E-state index in [9.17, 15) is 0 Å². The molecule has 0 aromatic heterocycles. The molecule has 1 aromatic rings. The van der Waals surface area contributed by atoms with E-state index >= 15 is 0 Å². The molecule has 3 aliphatic carbocycles. The largest absolute Gasteiger partial charge is 0.271 e. The van der Waals surface area contributed by atoms with E-state index in [1.54, 1.807) is 0 Å². The van der Waals surface area contributed by atoms with Gasteiger partial charge in [0.1, 0.15) is 0 Å². The van der Waals surface area contributed by atoms with Gasteiger partial charge in [0.2, 0.25) is 0 Å². The number of fused-ring (bicyclic) bond motifs is 5. The summed E-state index contributed by atoms with van der Waals surface area (Å²) in [7, 11) is 0. The zero-order valence-electron chi connectivity index (χ0n) is 11.4. The number of nitrogens with one attached hydrogen (secondary N) is 1. The van der Waals surface area contributed by atoms with Gasteiger partial charge in [-0.25, -0.2) is 0 Å². The Morgan fingerprint density at radius 3 is 2.50 bits per heavy atom. The summed E-state index contributed by atoms with van der Waals surface area (Å²) in [6.45, 7) is 0. The predicted octanol–water partition coefficient (Wildman–Crippen LogP) is 3.66. The van der Waals surface area contributed by atoms with E-state index in [1.807, 2.05) is 18.2 Å². The minimum absolute atomic E-state index is 0.354. The van der Waals surface area contributed by atoms with Gasteiger partial charge in [0, 0.05) is 16.1 Å². The van der Waals surface area contributed by atoms with Crippen LogP contribution in [0.4, 0.5) is 0 Å². The van der Waals surface area contributed by atoms with Crippen LogP contribution in [0.15, 0.2) is 18.2 Å². The van der Waals surface area contributed by atoms with Crippen molar-refractivity contribution < 1.29 is 0 Å². The predicted molar refractivity (Wildman–Crippen MR) is 82.6 cm³/mol. The highest BCUT2D eigenvalue weighted by Crippen LogP contribution is 2.70. The van der Waals surface area contributed by atoms with Crippen LogP contribution in [-0.2, 0) is 6.42 Å². The Balaban J connectivity index is 1.50. The molecule has 0 heterocycles. The monoisotopic (exact) mass is 310 g/mol. The fraction of sp³-hybridized carbons (Fsp3) is 0.625. The minimum Gasteiger partial charge on any atom is -0.271 e. The first-order chi connectivity index (χ1) is 9.69. The highest BCUT2D eigenvalue weighted by molar-refractivity contribution is 6.35. The summed E-state index contributed by atoms with van der Waals surface area (Å²) in [5.41, 5.74) is 4.21. The maximum atomic E-state index is 6.29. The molecule has 108 valence electrons. The van der Waals surface area contributed by atoms with Gasteiger partial charge >= 0.3 is 0 Å². The maximum Gasteiger partial charge on any atom is 0.0453 e. The van der Waals surface area contributed by atoms with Crippen LogP contribution < -0.4 is 11.3 Å². The van der Waals surface area contributed by atoms with Gasteiger partial charge in [-0.05, 0) is 73.0 Å². The summed E-state index contributed by atoms with van der Waals surface area (Å²) in [5.74, 6) is 10.4. The van der Waals surface area contributed by atoms with Crippen LogP contribution in [0.25, 0.3) is 0 Å². The van der Waals surface area contributed by atoms with Crippen molar-refractivity contribution >= 4 is 23.2 Å². The molecule has 3 aliphatic rings. The summed E-state index contributed by atoms with van der Waals surface area (Å²) in [6.07, 6.45) is 5.27. The Labute approximate surface area is 130 Å². The fourth-order valence-electron chi connectivity index (χ4n) is 5.16. The lowest BCUT2D eigenvalue weighted by atomic mass is 9.93. The van der Waals surface area contributed by atoms with Crippen LogP contribution in [0.2, 0.25) is 10.0 Å². The summed E-state index contributed by atoms with van der Waals surface area (Å²) < 4.78 is 0. The number of hydrogen-bond acceptors (Lipinski definition) is 2. The van der Waals surface area contributed by atoms with Crippen molar-refractivity contribution in [2.75, 3.05) is 0 Å². The molecule has 4 rings (SSSR count). The average Bonchev–Trinajstić information content (AvgIpc) is 2.86. The highest BCUT2D eigenvalue weighted by atomic mass is 35.5. The van der Waals surface area contributed by atoms with Gasteiger partial charge in [-0.2, -0.15) is 0 Å². The van der Waals surface area contributed by atoms with Crippen molar-refractivity contribution in [1.29, 1.82) is 0 Å². The average molecular weight is 311 g/mol. The maximum absolute atomic E-state index is 6.29. The molecule has 0 saturated heterocycles. The van der Waals surface area contributed by atoms with E-state index in [0.717, 1.165) is 46.6 Å². The van der Waals surface area contributed by atoms with Crippen molar-refractivity contribution in [3.05, 3.63) is 33.8 Å². The summed E-state index contributed by atoms with van der Waals surface area (Å²) >= 11 is 12.3. The number of halogens is 2. The van der Waals surface area contributed by atoms with Crippen molar-refractivity contribution in [3.63, 3.8) is 0 Å². The second-order valence-electron chi connectivity index (χ2n) is 6.78. The fourth-order valence-corrected chi connectivity index (χ4v) is 5.65. The molecular weight excluding hydrogens is 291 g/mol. The molecule has 0 amide bonds. The normalized spacial score (nSPS) is 38.9. The molecule has 4 heteroatoms. The summed E-state index contributed by atoms with van der Waals surface area (Å²) in [6, 6.07) is 6.12. The number of nitrogens with two attached hydrogens (primary N) is 1. The van der Waals surface area contributed by atoms with Crippen LogP contribution in [0.5, 0.6) is 0 Å². The topological polar surface area (TPSA) is 38.0 Å². The standard InChI is InChI=1S/C16H20Cl2N2/c17-11-4-3-8(12(18)7-11)6-13(20-19)16-14-9-1-2-10(5-9)15(14)16/h3-4,7,9-10,13-16,20H,1-2,5-6,19H2. The van der Waals surface area contributed by atoms with Gasteiger partial charge < -0.3 is 0 Å². The van der Waals surface area contributed by atoms with Gasteiger partial charge in [-0.1, -0.05) is 29.3 Å². The van der Waals surface area contributed by atoms with Crippen molar-refractivity contribution in [1.82, 2.24) is 5.43 Å². The van der Waals surface area contributed by atoms with Gasteiger partial charge in [0.15, 0.2) is 0 Å². The molecule has 0 aliphatic heterocycles. The molecule has 5 atom stereocenters. The molecule has 0 spiro atoms. The number of benzene rings is 1. The SMILES string of the molecule is NNC(Cc1ccc(Cl)cc1Cl)C1C2C3CCC(C3)C21. The van der Waals surface area contributed by atoms with Gasteiger partial charge in [0.25, 0.3) is 0 Å². The first-order valence-corrected chi connectivity index (χ1v) is 8.34. The van der Waals surface area contributed by atoms with Crippen LogP contribution >= 0.6 is 23.2 Å². The van der Waals surface area contributed by atoms with E-state index in [2.05, 4.69) is 5.43 Å². The quantitative estimate of drug-likeness (QED) is 0.658. The number of hydrogen-bond donors (Lipinski definition) is 2. The third-order valence-electron chi connectivity index (χ3n) is 5.93. The van der Waals surface area contributed by atoms with E-state index in [1.165, 1.54) is 19.3 Å². The van der Waals surface area contributed by atoms with Crippen molar-refractivity contribution in [2.24, 2.45) is 35.4 Å². The van der Waals surface area contributed by atoms with Gasteiger partial charge in [-0.3, -0.25) is 11.3 Å². The Morgan fingerprint density at radius 2 is 1.90 bits per heavy atom. The van der Waals surface area contributed by atoms with E-state index in [4.69, 9.17) is 29.0 Å². The number of rotatable bonds is 4. The van der Waals surface area contributed by atoms with Crippen LogP contribution in [-0.4, -0.2) is 6.04 Å². The third-order valence-corrected chi connectivity index (χ3v) is 6.52. The van der Waals surface area contributed by atoms with Crippen LogP contribution in [0, 0.1) is 29.6 Å². The highest BCUT2D eigenvalue weighted by Gasteiger charge is 2.66. The molecule has 3 saturated carbocycles. The molecule has 3 fully saturated rings. The molecule has 0 radical (unpaired) electrons. The molecule has 2 bridgehead atoms. The molecular formula is C16H20Cl2N2. The van der Waals surface area contributed by atoms with Crippen LogP contribution in [0.1, 0.15) is 24.8 Å². The van der Waals surface area contributed by atoms with Gasteiger partial charge in [0.05, 0.1) is 0 Å². The van der Waals surface area contributed by atoms with E-state index in [0.29, 0.717) is 11.1 Å². The molecule has 1 aromatic carbocycles. The van der Waals surface area contributed by atoms with Crippen LogP contribution in [0.3, 0.4) is 0 Å². The minimum atomic E-state index is 0.354.